The molecule has 0 aliphatic heterocycles. The van der Waals surface area contributed by atoms with Crippen LogP contribution in [0.5, 0.6) is 0 Å². The quantitative estimate of drug-likeness (QED) is 0.820. The number of carboxylic acid groups (broad SMARTS) is 1. The lowest BCUT2D eigenvalue weighted by molar-refractivity contribution is -0.157. The maximum atomic E-state index is 12.1. The molecule has 3 aliphatic rings. The maximum Gasteiger partial charge on any atom is 0.310 e. The molecule has 1 spiro atoms. The molecule has 0 aromatic heterocycles. The first kappa shape index (κ1) is 12.9. The minimum absolute atomic E-state index is 0.0467. The van der Waals surface area contributed by atoms with Crippen LogP contribution in [0.25, 0.3) is 0 Å². The van der Waals surface area contributed by atoms with Gasteiger partial charge in [-0.3, -0.25) is 9.59 Å². The Hall–Kier alpha value is -1.06. The van der Waals surface area contributed by atoms with Gasteiger partial charge in [0.2, 0.25) is 5.91 Å². The van der Waals surface area contributed by atoms with Gasteiger partial charge in [-0.05, 0) is 37.5 Å². The normalized spacial score (nSPS) is 30.4. The van der Waals surface area contributed by atoms with Gasteiger partial charge in [0.25, 0.3) is 0 Å². The number of rotatable bonds is 4. The molecule has 1 unspecified atom stereocenters. The van der Waals surface area contributed by atoms with Crippen molar-refractivity contribution in [2.45, 2.75) is 70.3 Å². The SMILES string of the molecule is O=C(CC1(C(=O)O)CCC1)NC1CC12CCCCC2. The zero-order valence-electron chi connectivity index (χ0n) is 11.4. The highest BCUT2D eigenvalue weighted by Crippen LogP contribution is 2.56. The lowest BCUT2D eigenvalue weighted by atomic mass is 9.66. The van der Waals surface area contributed by atoms with Gasteiger partial charge in [-0.15, -0.1) is 0 Å². The summed E-state index contributed by atoms with van der Waals surface area (Å²) in [5.41, 5.74) is -0.372. The fraction of sp³-hybridized carbons (Fsp3) is 0.867. The molecule has 1 amide bonds. The molecule has 4 nitrogen and oxygen atoms in total. The van der Waals surface area contributed by atoms with Crippen LogP contribution in [0.1, 0.15) is 64.2 Å². The first-order valence-corrected chi connectivity index (χ1v) is 7.59. The molecule has 0 aromatic rings. The minimum Gasteiger partial charge on any atom is -0.481 e. The van der Waals surface area contributed by atoms with Gasteiger partial charge >= 0.3 is 5.97 Å². The Balaban J connectivity index is 1.51. The molecule has 19 heavy (non-hydrogen) atoms. The van der Waals surface area contributed by atoms with Gasteiger partial charge in [-0.25, -0.2) is 0 Å². The van der Waals surface area contributed by atoms with Crippen molar-refractivity contribution in [2.24, 2.45) is 10.8 Å². The van der Waals surface area contributed by atoms with Gasteiger partial charge in [0.15, 0.2) is 0 Å². The van der Waals surface area contributed by atoms with Crippen LogP contribution in [0.2, 0.25) is 0 Å². The van der Waals surface area contributed by atoms with Gasteiger partial charge in [-0.2, -0.15) is 0 Å². The zero-order valence-corrected chi connectivity index (χ0v) is 11.4. The number of nitrogens with one attached hydrogen (secondary N) is 1. The van der Waals surface area contributed by atoms with E-state index in [-0.39, 0.29) is 12.3 Å². The van der Waals surface area contributed by atoms with Crippen LogP contribution in [-0.4, -0.2) is 23.0 Å². The Bertz CT molecular complexity index is 394. The van der Waals surface area contributed by atoms with Crippen molar-refractivity contribution in [3.05, 3.63) is 0 Å². The van der Waals surface area contributed by atoms with Gasteiger partial charge < -0.3 is 10.4 Å². The Morgan fingerprint density at radius 2 is 1.74 bits per heavy atom. The van der Waals surface area contributed by atoms with E-state index < -0.39 is 11.4 Å². The van der Waals surface area contributed by atoms with E-state index in [0.29, 0.717) is 24.3 Å². The second-order valence-electron chi connectivity index (χ2n) is 6.86. The maximum absolute atomic E-state index is 12.1. The predicted molar refractivity (Wildman–Crippen MR) is 70.6 cm³/mol. The Kier molecular flexibility index (Phi) is 3.06. The second kappa shape index (κ2) is 4.50. The number of carboxylic acids is 1. The molecule has 2 N–H and O–H groups in total. The summed E-state index contributed by atoms with van der Waals surface area (Å²) < 4.78 is 0. The molecule has 3 rings (SSSR count). The molecule has 3 saturated carbocycles. The first-order valence-electron chi connectivity index (χ1n) is 7.59. The fourth-order valence-corrected chi connectivity index (χ4v) is 3.98. The topological polar surface area (TPSA) is 66.4 Å². The molecule has 3 fully saturated rings. The molecule has 0 heterocycles. The molecule has 106 valence electrons. The number of amides is 1. The van der Waals surface area contributed by atoms with E-state index in [2.05, 4.69) is 5.32 Å². The summed E-state index contributed by atoms with van der Waals surface area (Å²) in [6.45, 7) is 0. The van der Waals surface area contributed by atoms with Crippen molar-refractivity contribution in [1.82, 2.24) is 5.32 Å². The summed E-state index contributed by atoms with van der Waals surface area (Å²) in [6.07, 6.45) is 9.91. The van der Waals surface area contributed by atoms with Gasteiger partial charge in [0.05, 0.1) is 5.41 Å². The highest BCUT2D eigenvalue weighted by atomic mass is 16.4. The molecule has 4 heteroatoms. The second-order valence-corrected chi connectivity index (χ2v) is 6.86. The number of hydrogen-bond donors (Lipinski definition) is 2. The van der Waals surface area contributed by atoms with E-state index in [9.17, 15) is 14.7 Å². The van der Waals surface area contributed by atoms with Gasteiger partial charge in [0.1, 0.15) is 0 Å². The zero-order chi connectivity index (χ0) is 13.5. The number of aliphatic carboxylic acids is 1. The molecule has 0 bridgehead atoms. The van der Waals surface area contributed by atoms with Crippen molar-refractivity contribution in [3.8, 4) is 0 Å². The van der Waals surface area contributed by atoms with E-state index in [4.69, 9.17) is 0 Å². The van der Waals surface area contributed by atoms with Crippen LogP contribution < -0.4 is 5.32 Å². The Labute approximate surface area is 113 Å². The lowest BCUT2D eigenvalue weighted by Crippen LogP contribution is -2.43. The molecule has 0 aromatic carbocycles. The van der Waals surface area contributed by atoms with E-state index in [1.807, 2.05) is 0 Å². The Morgan fingerprint density at radius 3 is 2.26 bits per heavy atom. The highest BCUT2D eigenvalue weighted by Gasteiger charge is 2.55. The van der Waals surface area contributed by atoms with E-state index in [1.165, 1.54) is 32.1 Å². The Morgan fingerprint density at radius 1 is 1.05 bits per heavy atom. The molecular weight excluding hydrogens is 242 g/mol. The molecule has 0 radical (unpaired) electrons. The summed E-state index contributed by atoms with van der Waals surface area (Å²) in [4.78, 5) is 23.3. The smallest absolute Gasteiger partial charge is 0.310 e. The molecular formula is C15H23NO3. The highest BCUT2D eigenvalue weighted by molar-refractivity contribution is 5.86. The van der Waals surface area contributed by atoms with Gasteiger partial charge in [-0.1, -0.05) is 25.7 Å². The molecule has 1 atom stereocenters. The first-order chi connectivity index (χ1) is 9.06. The summed E-state index contributed by atoms with van der Waals surface area (Å²) in [6, 6.07) is 0.325. The van der Waals surface area contributed by atoms with E-state index in [1.54, 1.807) is 0 Å². The molecule has 3 aliphatic carbocycles. The fourth-order valence-electron chi connectivity index (χ4n) is 3.98. The lowest BCUT2D eigenvalue weighted by Gasteiger charge is -2.37. The summed E-state index contributed by atoms with van der Waals surface area (Å²) in [5, 5.41) is 12.3. The van der Waals surface area contributed by atoms with Crippen LogP contribution in [0.3, 0.4) is 0 Å². The van der Waals surface area contributed by atoms with Crippen LogP contribution in [-0.2, 0) is 9.59 Å². The number of carbonyl (C=O) groups is 2. The van der Waals surface area contributed by atoms with Crippen LogP contribution in [0.15, 0.2) is 0 Å². The average Bonchev–Trinajstić information content (AvgIpc) is 2.96. The average molecular weight is 265 g/mol. The predicted octanol–water partition coefficient (Wildman–Crippen LogP) is 2.47. The summed E-state index contributed by atoms with van der Waals surface area (Å²) in [7, 11) is 0. The van der Waals surface area contributed by atoms with Gasteiger partial charge in [0, 0.05) is 12.5 Å². The number of hydrogen-bond acceptors (Lipinski definition) is 2. The van der Waals surface area contributed by atoms with Crippen molar-refractivity contribution in [3.63, 3.8) is 0 Å². The number of carbonyl (C=O) groups excluding carboxylic acids is 1. The van der Waals surface area contributed by atoms with Crippen LogP contribution in [0, 0.1) is 10.8 Å². The third kappa shape index (κ3) is 2.26. The minimum atomic E-state index is -0.794. The molecule has 0 saturated heterocycles. The van der Waals surface area contributed by atoms with Crippen molar-refractivity contribution >= 4 is 11.9 Å². The van der Waals surface area contributed by atoms with Crippen molar-refractivity contribution in [2.75, 3.05) is 0 Å². The summed E-state index contributed by atoms with van der Waals surface area (Å²) >= 11 is 0. The van der Waals surface area contributed by atoms with Crippen molar-refractivity contribution < 1.29 is 14.7 Å². The standard InChI is InChI=1S/C15H23NO3/c17-12(10-15(13(18)19)7-4-8-15)16-11-9-14(11)5-2-1-3-6-14/h11H,1-10H2,(H,16,17)(H,18,19). The van der Waals surface area contributed by atoms with Crippen LogP contribution in [0.4, 0.5) is 0 Å². The monoisotopic (exact) mass is 265 g/mol. The van der Waals surface area contributed by atoms with Crippen molar-refractivity contribution in [1.29, 1.82) is 0 Å². The third-order valence-corrected chi connectivity index (χ3v) is 5.64. The summed E-state index contributed by atoms with van der Waals surface area (Å²) in [5.74, 6) is -0.841. The van der Waals surface area contributed by atoms with E-state index >= 15 is 0 Å². The third-order valence-electron chi connectivity index (χ3n) is 5.64. The van der Waals surface area contributed by atoms with Crippen LogP contribution >= 0.6 is 0 Å². The largest absolute Gasteiger partial charge is 0.481 e. The van der Waals surface area contributed by atoms with E-state index in [0.717, 1.165) is 12.8 Å².